The van der Waals surface area contributed by atoms with Gasteiger partial charge in [0, 0.05) is 18.0 Å². The zero-order valence-corrected chi connectivity index (χ0v) is 13.5. The minimum Gasteiger partial charge on any atom is -0.445 e. The van der Waals surface area contributed by atoms with Crippen molar-refractivity contribution >= 4 is 23.3 Å². The first kappa shape index (κ1) is 16.6. The van der Waals surface area contributed by atoms with Crippen LogP contribution < -0.4 is 5.32 Å². The molecule has 0 saturated carbocycles. The van der Waals surface area contributed by atoms with E-state index in [1.165, 1.54) is 0 Å². The Bertz CT molecular complexity index is 860. The van der Waals surface area contributed by atoms with Gasteiger partial charge in [-0.3, -0.25) is 9.78 Å². The van der Waals surface area contributed by atoms with Crippen LogP contribution in [0.2, 0.25) is 0 Å². The summed E-state index contributed by atoms with van der Waals surface area (Å²) >= 11 is 0. The zero-order valence-electron chi connectivity index (χ0n) is 13.5. The second-order valence-corrected chi connectivity index (χ2v) is 5.57. The van der Waals surface area contributed by atoms with Crippen LogP contribution in [0.1, 0.15) is 11.1 Å². The van der Waals surface area contributed by atoms with Crippen LogP contribution in [0.15, 0.2) is 66.9 Å². The van der Waals surface area contributed by atoms with E-state index in [4.69, 9.17) is 4.74 Å². The number of rotatable bonds is 6. The molecule has 1 N–H and O–H groups in total. The average Bonchev–Trinajstić information content (AvgIpc) is 2.67. The Morgan fingerprint density at radius 1 is 1.08 bits per heavy atom. The molecule has 0 bridgehead atoms. The third kappa shape index (κ3) is 4.41. The van der Waals surface area contributed by atoms with Crippen LogP contribution in [-0.2, 0) is 22.6 Å². The molecular formula is C20H17N2O3. The summed E-state index contributed by atoms with van der Waals surface area (Å²) in [4.78, 5) is 27.5. The lowest BCUT2D eigenvalue weighted by atomic mass is 10.0. The van der Waals surface area contributed by atoms with Gasteiger partial charge in [0.1, 0.15) is 12.6 Å². The maximum absolute atomic E-state index is 11.9. The first-order chi connectivity index (χ1) is 12.3. The van der Waals surface area contributed by atoms with Crippen LogP contribution in [-0.4, -0.2) is 23.4 Å². The molecule has 5 heteroatoms. The number of hydrogen-bond acceptors (Lipinski definition) is 4. The Morgan fingerprint density at radius 3 is 2.68 bits per heavy atom. The number of benzene rings is 2. The van der Waals surface area contributed by atoms with Gasteiger partial charge in [0.05, 0.1) is 5.52 Å². The number of aromatic nitrogens is 1. The molecule has 1 radical (unpaired) electrons. The SMILES string of the molecule is O=[C][C@H](Cc1cccc2cccnc12)NC(=O)OCc1ccccc1. The van der Waals surface area contributed by atoms with Gasteiger partial charge in [-0.15, -0.1) is 0 Å². The van der Waals surface area contributed by atoms with Gasteiger partial charge >= 0.3 is 6.09 Å². The maximum Gasteiger partial charge on any atom is 0.408 e. The second-order valence-electron chi connectivity index (χ2n) is 5.57. The smallest absolute Gasteiger partial charge is 0.408 e. The minimum absolute atomic E-state index is 0.147. The van der Waals surface area contributed by atoms with Gasteiger partial charge in [-0.1, -0.05) is 54.6 Å². The Hall–Kier alpha value is -3.21. The molecule has 1 amide bonds. The standard InChI is InChI=1S/C20H17N2O3/c23-13-18(22-20(24)25-14-15-6-2-1-3-7-15)12-17-9-4-8-16-10-5-11-21-19(16)17/h1-11,18H,12,14H2,(H,22,24)/t18-/m0/s1. The Morgan fingerprint density at radius 2 is 1.88 bits per heavy atom. The van der Waals surface area contributed by atoms with Gasteiger partial charge in [0.15, 0.2) is 0 Å². The molecule has 3 aromatic rings. The first-order valence-electron chi connectivity index (χ1n) is 7.94. The average molecular weight is 333 g/mol. The Labute approximate surface area is 145 Å². The van der Waals surface area contributed by atoms with Crippen LogP contribution in [0.5, 0.6) is 0 Å². The number of pyridine rings is 1. The van der Waals surface area contributed by atoms with Crippen molar-refractivity contribution in [3.8, 4) is 0 Å². The van der Waals surface area contributed by atoms with Crippen molar-refractivity contribution in [3.05, 3.63) is 78.0 Å². The third-order valence-electron chi connectivity index (χ3n) is 3.79. The van der Waals surface area contributed by atoms with Crippen molar-refractivity contribution < 1.29 is 14.3 Å². The molecule has 0 spiro atoms. The number of alkyl carbamates (subject to hydrolysis) is 1. The molecule has 0 aliphatic carbocycles. The molecule has 0 aliphatic heterocycles. The number of hydrogen-bond donors (Lipinski definition) is 1. The lowest BCUT2D eigenvalue weighted by molar-refractivity contribution is 0.138. The molecular weight excluding hydrogens is 316 g/mol. The summed E-state index contributed by atoms with van der Waals surface area (Å²) in [5, 5.41) is 3.52. The molecule has 5 nitrogen and oxygen atoms in total. The molecule has 2 aromatic carbocycles. The number of carbonyl (C=O) groups is 1. The van der Waals surface area contributed by atoms with E-state index in [-0.39, 0.29) is 6.61 Å². The first-order valence-corrected chi connectivity index (χ1v) is 7.94. The summed E-state index contributed by atoms with van der Waals surface area (Å²) in [5.41, 5.74) is 2.56. The highest BCUT2D eigenvalue weighted by Crippen LogP contribution is 2.17. The van der Waals surface area contributed by atoms with Crippen molar-refractivity contribution in [3.63, 3.8) is 0 Å². The summed E-state index contributed by atoms with van der Waals surface area (Å²) in [6.07, 6.45) is 3.21. The fourth-order valence-electron chi connectivity index (χ4n) is 2.58. The number of amides is 1. The van der Waals surface area contributed by atoms with Crippen molar-refractivity contribution in [2.24, 2.45) is 0 Å². The highest BCUT2D eigenvalue weighted by Gasteiger charge is 2.16. The van der Waals surface area contributed by atoms with Crippen molar-refractivity contribution in [2.75, 3.05) is 0 Å². The largest absolute Gasteiger partial charge is 0.445 e. The predicted molar refractivity (Wildman–Crippen MR) is 94.7 cm³/mol. The van der Waals surface area contributed by atoms with Crippen LogP contribution in [0.25, 0.3) is 10.9 Å². The molecule has 25 heavy (non-hydrogen) atoms. The topological polar surface area (TPSA) is 68.3 Å². The number of ether oxygens (including phenoxy) is 1. The normalized spacial score (nSPS) is 11.7. The van der Waals surface area contributed by atoms with Crippen LogP contribution >= 0.6 is 0 Å². The number of para-hydroxylation sites is 1. The monoisotopic (exact) mass is 333 g/mol. The van der Waals surface area contributed by atoms with Crippen molar-refractivity contribution in [1.82, 2.24) is 10.3 Å². The number of carbonyl (C=O) groups excluding carboxylic acids is 2. The number of nitrogens with one attached hydrogen (secondary N) is 1. The predicted octanol–water partition coefficient (Wildman–Crippen LogP) is 3.18. The summed E-state index contributed by atoms with van der Waals surface area (Å²) in [5.74, 6) is 0. The molecule has 0 saturated heterocycles. The maximum atomic E-state index is 11.9. The van der Waals surface area contributed by atoms with E-state index in [2.05, 4.69) is 10.3 Å². The molecule has 1 heterocycles. The number of fused-ring (bicyclic) bond motifs is 1. The van der Waals surface area contributed by atoms with E-state index in [1.54, 1.807) is 6.20 Å². The van der Waals surface area contributed by atoms with Crippen LogP contribution in [0.4, 0.5) is 4.79 Å². The fraction of sp³-hybridized carbons (Fsp3) is 0.150. The summed E-state index contributed by atoms with van der Waals surface area (Å²) in [7, 11) is 0. The quantitative estimate of drug-likeness (QED) is 0.752. The molecule has 0 fully saturated rings. The minimum atomic E-state index is -0.795. The van der Waals surface area contributed by atoms with E-state index in [1.807, 2.05) is 66.9 Å². The molecule has 0 aliphatic rings. The van der Waals surface area contributed by atoms with Gasteiger partial charge in [-0.25, -0.2) is 4.79 Å². The van der Waals surface area contributed by atoms with Crippen molar-refractivity contribution in [1.29, 1.82) is 0 Å². The molecule has 1 atom stereocenters. The van der Waals surface area contributed by atoms with Crippen molar-refractivity contribution in [2.45, 2.75) is 19.1 Å². The van der Waals surface area contributed by atoms with E-state index in [0.717, 1.165) is 22.0 Å². The Kier molecular flexibility index (Phi) is 5.36. The molecule has 125 valence electrons. The zero-order chi connectivity index (χ0) is 17.5. The Balaban J connectivity index is 1.62. The molecule has 0 unspecified atom stereocenters. The van der Waals surface area contributed by atoms with Crippen LogP contribution in [0, 0.1) is 0 Å². The fourth-order valence-corrected chi connectivity index (χ4v) is 2.58. The van der Waals surface area contributed by atoms with Gasteiger partial charge < -0.3 is 10.1 Å². The van der Waals surface area contributed by atoms with Crippen LogP contribution in [0.3, 0.4) is 0 Å². The summed E-state index contributed by atoms with van der Waals surface area (Å²) in [6, 6.07) is 18.1. The van der Waals surface area contributed by atoms with Gasteiger partial charge in [-0.2, -0.15) is 0 Å². The lowest BCUT2D eigenvalue weighted by Gasteiger charge is -2.13. The number of nitrogens with zero attached hydrogens (tertiary/aromatic N) is 1. The summed E-state index contributed by atoms with van der Waals surface area (Å²) in [6.45, 7) is 0.147. The highest BCUT2D eigenvalue weighted by molar-refractivity contribution is 5.82. The molecule has 3 rings (SSSR count). The van der Waals surface area contributed by atoms with E-state index in [9.17, 15) is 9.59 Å². The van der Waals surface area contributed by atoms with Gasteiger partial charge in [0.25, 0.3) is 0 Å². The summed E-state index contributed by atoms with van der Waals surface area (Å²) < 4.78 is 5.14. The van der Waals surface area contributed by atoms with Gasteiger partial charge in [0.2, 0.25) is 6.29 Å². The lowest BCUT2D eigenvalue weighted by Crippen LogP contribution is -2.37. The van der Waals surface area contributed by atoms with E-state index in [0.29, 0.717) is 6.42 Å². The second kappa shape index (κ2) is 8.06. The van der Waals surface area contributed by atoms with Gasteiger partial charge in [-0.05, 0) is 17.2 Å². The third-order valence-corrected chi connectivity index (χ3v) is 3.79. The molecule has 1 aromatic heterocycles. The van der Waals surface area contributed by atoms with E-state index < -0.39 is 12.1 Å². The highest BCUT2D eigenvalue weighted by atomic mass is 16.5. The van der Waals surface area contributed by atoms with E-state index >= 15 is 0 Å².